The second-order valence-corrected chi connectivity index (χ2v) is 4.32. The molecule has 3 N–H and O–H groups in total. The third kappa shape index (κ3) is 1.65. The highest BCUT2D eigenvalue weighted by Crippen LogP contribution is 2.31. The van der Waals surface area contributed by atoms with Gasteiger partial charge in [-0.1, -0.05) is 0 Å². The van der Waals surface area contributed by atoms with E-state index < -0.39 is 12.0 Å². The molecule has 15 heavy (non-hydrogen) atoms. The highest BCUT2D eigenvalue weighted by atomic mass is 19.3. The number of aromatic amines is 1. The number of hydrogen-bond donors (Lipinski definition) is 2. The van der Waals surface area contributed by atoms with E-state index in [2.05, 4.69) is 10.2 Å². The van der Waals surface area contributed by atoms with Gasteiger partial charge in [0.05, 0.1) is 5.69 Å². The monoisotopic (exact) mass is 215 g/mol. The van der Waals surface area contributed by atoms with Crippen molar-refractivity contribution < 1.29 is 8.78 Å². The molecule has 0 saturated carbocycles. The van der Waals surface area contributed by atoms with Crippen LogP contribution in [0.3, 0.4) is 0 Å². The number of hydrogen-bond acceptors (Lipinski definition) is 2. The first-order chi connectivity index (χ1) is 7.03. The summed E-state index contributed by atoms with van der Waals surface area (Å²) in [5.74, 6) is 0. The molecule has 1 unspecified atom stereocenters. The summed E-state index contributed by atoms with van der Waals surface area (Å²) >= 11 is 0. The average molecular weight is 215 g/mol. The molecule has 2 rings (SSSR count). The van der Waals surface area contributed by atoms with Gasteiger partial charge in [0.25, 0.3) is 6.43 Å². The van der Waals surface area contributed by atoms with Crippen molar-refractivity contribution in [1.29, 1.82) is 0 Å². The fraction of sp³-hybridized carbons (Fsp3) is 0.700. The Morgan fingerprint density at radius 1 is 1.40 bits per heavy atom. The number of nitrogens with zero attached hydrogens (tertiary/aromatic N) is 1. The minimum atomic E-state index is -2.59. The lowest BCUT2D eigenvalue weighted by atomic mass is 9.89. The molecule has 1 aliphatic rings. The van der Waals surface area contributed by atoms with E-state index in [9.17, 15) is 8.78 Å². The Morgan fingerprint density at radius 3 is 2.73 bits per heavy atom. The van der Waals surface area contributed by atoms with Crippen molar-refractivity contribution in [1.82, 2.24) is 10.2 Å². The number of fused-ring (bicyclic) bond motifs is 1. The molecular weight excluding hydrogens is 200 g/mol. The molecule has 0 aliphatic heterocycles. The lowest BCUT2D eigenvalue weighted by molar-refractivity contribution is 0.0596. The van der Waals surface area contributed by atoms with E-state index in [1.165, 1.54) is 6.92 Å². The maximum absolute atomic E-state index is 12.8. The Kier molecular flexibility index (Phi) is 2.50. The molecule has 0 radical (unpaired) electrons. The van der Waals surface area contributed by atoms with Crippen LogP contribution in [0.2, 0.25) is 0 Å². The average Bonchev–Trinajstić information content (AvgIpc) is 2.61. The van der Waals surface area contributed by atoms with E-state index in [4.69, 9.17) is 5.73 Å². The van der Waals surface area contributed by atoms with E-state index in [-0.39, 0.29) is 0 Å². The second-order valence-electron chi connectivity index (χ2n) is 4.32. The van der Waals surface area contributed by atoms with Crippen molar-refractivity contribution >= 4 is 0 Å². The zero-order valence-corrected chi connectivity index (χ0v) is 8.69. The Balaban J connectivity index is 2.40. The quantitative estimate of drug-likeness (QED) is 0.789. The maximum Gasteiger partial charge on any atom is 0.261 e. The number of aromatic nitrogens is 2. The first-order valence-electron chi connectivity index (χ1n) is 5.17. The van der Waals surface area contributed by atoms with Gasteiger partial charge >= 0.3 is 0 Å². The first kappa shape index (κ1) is 10.5. The van der Waals surface area contributed by atoms with Gasteiger partial charge in [-0.3, -0.25) is 5.10 Å². The molecule has 0 fully saturated rings. The molecule has 1 aromatic heterocycles. The zero-order valence-electron chi connectivity index (χ0n) is 8.69. The van der Waals surface area contributed by atoms with E-state index in [1.807, 2.05) is 0 Å². The summed E-state index contributed by atoms with van der Waals surface area (Å²) in [5, 5.41) is 6.78. The van der Waals surface area contributed by atoms with Gasteiger partial charge in [-0.2, -0.15) is 5.10 Å². The number of aryl methyl sites for hydroxylation is 1. The highest BCUT2D eigenvalue weighted by molar-refractivity contribution is 5.32. The van der Waals surface area contributed by atoms with Gasteiger partial charge in [0.2, 0.25) is 0 Å². The molecule has 0 saturated heterocycles. The molecular formula is C10H15F2N3. The van der Waals surface area contributed by atoms with Crippen LogP contribution in [0.4, 0.5) is 8.78 Å². The van der Waals surface area contributed by atoms with Crippen molar-refractivity contribution in [2.75, 3.05) is 0 Å². The van der Waals surface area contributed by atoms with Crippen molar-refractivity contribution in [2.24, 2.45) is 5.73 Å². The van der Waals surface area contributed by atoms with Gasteiger partial charge in [-0.25, -0.2) is 8.78 Å². The fourth-order valence-corrected chi connectivity index (χ4v) is 2.03. The molecule has 1 aliphatic carbocycles. The number of alkyl halides is 2. The summed E-state index contributed by atoms with van der Waals surface area (Å²) in [5.41, 5.74) is 6.21. The van der Waals surface area contributed by atoms with Crippen LogP contribution in [0.25, 0.3) is 0 Å². The lowest BCUT2D eigenvalue weighted by Crippen LogP contribution is -2.42. The van der Waals surface area contributed by atoms with E-state index in [0.717, 1.165) is 36.9 Å². The van der Waals surface area contributed by atoms with Crippen molar-refractivity contribution in [2.45, 2.75) is 44.6 Å². The normalized spacial score (nSPS) is 20.1. The van der Waals surface area contributed by atoms with Gasteiger partial charge in [-0.05, 0) is 38.2 Å². The third-order valence-corrected chi connectivity index (χ3v) is 3.02. The van der Waals surface area contributed by atoms with Crippen LogP contribution in [0.15, 0.2) is 0 Å². The van der Waals surface area contributed by atoms with Crippen LogP contribution in [0.1, 0.15) is 36.7 Å². The summed E-state index contributed by atoms with van der Waals surface area (Å²) in [6.07, 6.45) is 1.22. The smallest absolute Gasteiger partial charge is 0.261 e. The van der Waals surface area contributed by atoms with Crippen molar-refractivity contribution in [3.8, 4) is 0 Å². The van der Waals surface area contributed by atoms with E-state index in [0.29, 0.717) is 5.69 Å². The van der Waals surface area contributed by atoms with Gasteiger partial charge in [0, 0.05) is 5.69 Å². The van der Waals surface area contributed by atoms with Crippen LogP contribution in [-0.4, -0.2) is 16.6 Å². The maximum atomic E-state index is 12.8. The van der Waals surface area contributed by atoms with E-state index in [1.54, 1.807) is 0 Å². The van der Waals surface area contributed by atoms with Gasteiger partial charge in [0.15, 0.2) is 0 Å². The first-order valence-corrected chi connectivity index (χ1v) is 5.17. The molecule has 1 atom stereocenters. The predicted molar refractivity (Wildman–Crippen MR) is 52.8 cm³/mol. The highest BCUT2D eigenvalue weighted by Gasteiger charge is 2.38. The largest absolute Gasteiger partial charge is 0.316 e. The number of nitrogens with two attached hydrogens (primary N) is 1. The Hall–Kier alpha value is -0.970. The SMILES string of the molecule is CC(N)(c1n[nH]c2c1CCCC2)C(F)F. The standard InChI is InChI=1S/C10H15F2N3/c1-10(13,9(11)12)8-6-4-2-3-5-7(6)14-15-8/h9H,2-5,13H2,1H3,(H,14,15). The van der Waals surface area contributed by atoms with Crippen molar-refractivity contribution in [3.63, 3.8) is 0 Å². The van der Waals surface area contributed by atoms with E-state index >= 15 is 0 Å². The third-order valence-electron chi connectivity index (χ3n) is 3.02. The summed E-state index contributed by atoms with van der Waals surface area (Å²) in [7, 11) is 0. The number of rotatable bonds is 2. The molecule has 0 bridgehead atoms. The summed E-state index contributed by atoms with van der Waals surface area (Å²) in [6.45, 7) is 1.34. The summed E-state index contributed by atoms with van der Waals surface area (Å²) < 4.78 is 25.5. The summed E-state index contributed by atoms with van der Waals surface area (Å²) in [6, 6.07) is 0. The summed E-state index contributed by atoms with van der Waals surface area (Å²) in [4.78, 5) is 0. The molecule has 84 valence electrons. The predicted octanol–water partition coefficient (Wildman–Crippen LogP) is 1.73. The topological polar surface area (TPSA) is 54.7 Å². The van der Waals surface area contributed by atoms with Crippen LogP contribution in [0.5, 0.6) is 0 Å². The van der Waals surface area contributed by atoms with Crippen LogP contribution in [0, 0.1) is 0 Å². The van der Waals surface area contributed by atoms with Gasteiger partial charge in [0.1, 0.15) is 5.54 Å². The molecule has 0 amide bonds. The molecule has 0 aromatic carbocycles. The molecule has 5 heteroatoms. The molecule has 0 spiro atoms. The lowest BCUT2D eigenvalue weighted by Gasteiger charge is -2.23. The van der Waals surface area contributed by atoms with Crippen LogP contribution < -0.4 is 5.73 Å². The minimum absolute atomic E-state index is 0.340. The molecule has 3 nitrogen and oxygen atoms in total. The minimum Gasteiger partial charge on any atom is -0.316 e. The van der Waals surface area contributed by atoms with Gasteiger partial charge in [-0.15, -0.1) is 0 Å². The zero-order chi connectivity index (χ0) is 11.1. The van der Waals surface area contributed by atoms with Crippen molar-refractivity contribution in [3.05, 3.63) is 17.0 Å². The van der Waals surface area contributed by atoms with Crippen LogP contribution in [-0.2, 0) is 18.4 Å². The van der Waals surface area contributed by atoms with Crippen LogP contribution >= 0.6 is 0 Å². The Morgan fingerprint density at radius 2 is 2.07 bits per heavy atom. The second kappa shape index (κ2) is 3.56. The Bertz CT molecular complexity index is 358. The van der Waals surface area contributed by atoms with Gasteiger partial charge < -0.3 is 5.73 Å². The number of halogens is 2. The Labute approximate surface area is 87.0 Å². The molecule has 1 aromatic rings. The number of nitrogens with one attached hydrogen (secondary N) is 1. The fourth-order valence-electron chi connectivity index (χ4n) is 2.03. The molecule has 1 heterocycles. The number of H-pyrrole nitrogens is 1.